The van der Waals surface area contributed by atoms with Crippen LogP contribution >= 0.6 is 34.7 Å². The predicted molar refractivity (Wildman–Crippen MR) is 79.1 cm³/mol. The third-order valence-electron chi connectivity index (χ3n) is 2.14. The molecule has 0 saturated carbocycles. The van der Waals surface area contributed by atoms with Gasteiger partial charge in [-0.3, -0.25) is 0 Å². The lowest BCUT2D eigenvalue weighted by Gasteiger charge is -2.01. The lowest BCUT2D eigenvalue weighted by atomic mass is 10.3. The highest BCUT2D eigenvalue weighted by Gasteiger charge is 2.06. The van der Waals surface area contributed by atoms with Crippen molar-refractivity contribution in [1.82, 2.24) is 4.98 Å². The van der Waals surface area contributed by atoms with Crippen LogP contribution in [-0.4, -0.2) is 11.5 Å². The van der Waals surface area contributed by atoms with Crippen LogP contribution in [0, 0.1) is 11.8 Å². The van der Waals surface area contributed by atoms with Crippen molar-refractivity contribution in [3.05, 3.63) is 45.2 Å². The normalized spacial score (nSPS) is 9.89. The van der Waals surface area contributed by atoms with Crippen molar-refractivity contribution < 1.29 is 0 Å². The van der Waals surface area contributed by atoms with Gasteiger partial charge in [-0.1, -0.05) is 35.2 Å². The Kier molecular flexibility index (Phi) is 5.09. The zero-order valence-corrected chi connectivity index (χ0v) is 11.9. The molecular weight excluding hydrogens is 284 g/mol. The Bertz CT molecular complexity index is 584. The number of nitrogens with zero attached hydrogens (tertiary/aromatic N) is 1. The zero-order valence-electron chi connectivity index (χ0n) is 9.52. The van der Waals surface area contributed by atoms with E-state index in [1.807, 2.05) is 23.6 Å². The highest BCUT2D eigenvalue weighted by molar-refractivity contribution is 7.98. The fourth-order valence-electron chi connectivity index (χ4n) is 1.32. The van der Waals surface area contributed by atoms with Gasteiger partial charge in [0.25, 0.3) is 0 Å². The Morgan fingerprint density at radius 3 is 3.11 bits per heavy atom. The van der Waals surface area contributed by atoms with Gasteiger partial charge in [0.1, 0.15) is 5.03 Å². The molecule has 0 fully saturated rings. The average molecular weight is 295 g/mol. The van der Waals surface area contributed by atoms with Gasteiger partial charge in [-0.2, -0.15) is 0 Å². The summed E-state index contributed by atoms with van der Waals surface area (Å²) in [5, 5.41) is 3.58. The van der Waals surface area contributed by atoms with Crippen LogP contribution in [0.5, 0.6) is 0 Å². The summed E-state index contributed by atoms with van der Waals surface area (Å²) >= 11 is 9.37. The summed E-state index contributed by atoms with van der Waals surface area (Å²) in [4.78, 5) is 5.47. The molecule has 0 amide bonds. The van der Waals surface area contributed by atoms with Crippen LogP contribution in [0.25, 0.3) is 0 Å². The average Bonchev–Trinajstić information content (AvgIpc) is 2.83. The van der Waals surface area contributed by atoms with E-state index in [0.29, 0.717) is 11.6 Å². The molecule has 0 aliphatic carbocycles. The summed E-state index contributed by atoms with van der Waals surface area (Å²) in [5.74, 6) is 6.77. The molecule has 92 valence electrons. The van der Waals surface area contributed by atoms with Crippen LogP contribution in [-0.2, 0) is 5.75 Å². The SMILES string of the molecule is NCC#Cc1ccsc1CSc1ncccc1Cl. The zero-order chi connectivity index (χ0) is 12.8. The Hall–Kier alpha value is -0.990. The maximum absolute atomic E-state index is 6.06. The topological polar surface area (TPSA) is 38.9 Å². The Morgan fingerprint density at radius 2 is 2.33 bits per heavy atom. The summed E-state index contributed by atoms with van der Waals surface area (Å²) in [5.41, 5.74) is 6.42. The molecule has 5 heteroatoms. The highest BCUT2D eigenvalue weighted by atomic mass is 35.5. The second-order valence-electron chi connectivity index (χ2n) is 3.34. The molecule has 0 spiro atoms. The van der Waals surface area contributed by atoms with E-state index in [1.54, 1.807) is 29.3 Å². The number of hydrogen-bond donors (Lipinski definition) is 1. The van der Waals surface area contributed by atoms with Crippen LogP contribution in [0.3, 0.4) is 0 Å². The van der Waals surface area contributed by atoms with Crippen molar-refractivity contribution in [3.8, 4) is 11.8 Å². The summed E-state index contributed by atoms with van der Waals surface area (Å²) in [6.45, 7) is 0.383. The minimum Gasteiger partial charge on any atom is -0.320 e. The molecule has 0 saturated heterocycles. The molecule has 2 aromatic rings. The van der Waals surface area contributed by atoms with E-state index in [9.17, 15) is 0 Å². The molecule has 2 rings (SSSR count). The Morgan fingerprint density at radius 1 is 1.44 bits per heavy atom. The van der Waals surface area contributed by atoms with Gasteiger partial charge in [0.2, 0.25) is 0 Å². The fraction of sp³-hybridized carbons (Fsp3) is 0.154. The first-order valence-corrected chi connectivity index (χ1v) is 7.54. The molecule has 0 unspecified atom stereocenters. The first kappa shape index (κ1) is 13.4. The quantitative estimate of drug-likeness (QED) is 0.696. The predicted octanol–water partition coefficient (Wildman–Crippen LogP) is 3.40. The standard InChI is InChI=1S/C13H11ClN2S2/c14-11-4-2-7-16-13(11)18-9-12-10(3-1-6-15)5-8-17-12/h2,4-5,7-8H,6,9,15H2. The minimum atomic E-state index is 0.383. The van der Waals surface area contributed by atoms with Gasteiger partial charge in [-0.25, -0.2) is 4.98 Å². The highest BCUT2D eigenvalue weighted by Crippen LogP contribution is 2.30. The molecule has 0 atom stereocenters. The van der Waals surface area contributed by atoms with Gasteiger partial charge in [0, 0.05) is 22.4 Å². The minimum absolute atomic E-state index is 0.383. The van der Waals surface area contributed by atoms with Crippen LogP contribution in [0.1, 0.15) is 10.4 Å². The van der Waals surface area contributed by atoms with Gasteiger partial charge >= 0.3 is 0 Å². The van der Waals surface area contributed by atoms with Crippen molar-refractivity contribution in [1.29, 1.82) is 0 Å². The smallest absolute Gasteiger partial charge is 0.115 e. The molecule has 2 N–H and O–H groups in total. The first-order chi connectivity index (χ1) is 8.81. The van der Waals surface area contributed by atoms with Crippen molar-refractivity contribution in [2.75, 3.05) is 6.54 Å². The van der Waals surface area contributed by atoms with Crippen LogP contribution in [0.4, 0.5) is 0 Å². The van der Waals surface area contributed by atoms with Gasteiger partial charge in [-0.15, -0.1) is 11.3 Å². The second-order valence-corrected chi connectivity index (χ2v) is 5.71. The van der Waals surface area contributed by atoms with Crippen molar-refractivity contribution in [2.24, 2.45) is 5.73 Å². The largest absolute Gasteiger partial charge is 0.320 e. The summed E-state index contributed by atoms with van der Waals surface area (Å²) in [6.07, 6.45) is 1.75. The molecule has 2 nitrogen and oxygen atoms in total. The number of halogens is 1. The third-order valence-corrected chi connectivity index (χ3v) is 4.69. The fourth-order valence-corrected chi connectivity index (χ4v) is 3.43. The maximum Gasteiger partial charge on any atom is 0.115 e. The summed E-state index contributed by atoms with van der Waals surface area (Å²) in [7, 11) is 0. The summed E-state index contributed by atoms with van der Waals surface area (Å²) < 4.78 is 0. The lowest BCUT2D eigenvalue weighted by Crippen LogP contribution is -1.93. The molecule has 0 aliphatic rings. The van der Waals surface area contributed by atoms with E-state index in [4.69, 9.17) is 17.3 Å². The maximum atomic E-state index is 6.06. The molecule has 2 heterocycles. The lowest BCUT2D eigenvalue weighted by molar-refractivity contribution is 1.13. The van der Waals surface area contributed by atoms with E-state index in [2.05, 4.69) is 16.8 Å². The Labute approximate surface area is 120 Å². The molecule has 0 radical (unpaired) electrons. The van der Waals surface area contributed by atoms with Gasteiger partial charge in [-0.05, 0) is 23.6 Å². The number of thiophene rings is 1. The number of nitrogens with two attached hydrogens (primary N) is 1. The van der Waals surface area contributed by atoms with E-state index in [1.165, 1.54) is 4.88 Å². The second kappa shape index (κ2) is 6.81. The van der Waals surface area contributed by atoms with Gasteiger partial charge in [0.05, 0.1) is 11.6 Å². The molecule has 18 heavy (non-hydrogen) atoms. The monoisotopic (exact) mass is 294 g/mol. The number of pyridine rings is 1. The molecule has 0 aromatic carbocycles. The van der Waals surface area contributed by atoms with E-state index in [0.717, 1.165) is 16.3 Å². The van der Waals surface area contributed by atoms with Gasteiger partial charge < -0.3 is 5.73 Å². The summed E-state index contributed by atoms with van der Waals surface area (Å²) in [6, 6.07) is 5.69. The van der Waals surface area contributed by atoms with E-state index >= 15 is 0 Å². The number of rotatable bonds is 3. The molecular formula is C13H11ClN2S2. The van der Waals surface area contributed by atoms with Crippen molar-refractivity contribution in [3.63, 3.8) is 0 Å². The van der Waals surface area contributed by atoms with E-state index < -0.39 is 0 Å². The van der Waals surface area contributed by atoms with Crippen molar-refractivity contribution >= 4 is 34.7 Å². The first-order valence-electron chi connectivity index (χ1n) is 5.30. The van der Waals surface area contributed by atoms with Gasteiger partial charge in [0.15, 0.2) is 0 Å². The number of thioether (sulfide) groups is 1. The number of hydrogen-bond acceptors (Lipinski definition) is 4. The van der Waals surface area contributed by atoms with E-state index in [-0.39, 0.29) is 0 Å². The third kappa shape index (κ3) is 3.50. The Balaban J connectivity index is 2.07. The van der Waals surface area contributed by atoms with Crippen LogP contribution in [0.15, 0.2) is 34.8 Å². The van der Waals surface area contributed by atoms with Crippen LogP contribution < -0.4 is 5.73 Å². The molecule has 0 bridgehead atoms. The number of aromatic nitrogens is 1. The van der Waals surface area contributed by atoms with Crippen LogP contribution in [0.2, 0.25) is 5.02 Å². The molecule has 2 aromatic heterocycles. The van der Waals surface area contributed by atoms with Crippen molar-refractivity contribution in [2.45, 2.75) is 10.8 Å². The molecule has 0 aliphatic heterocycles.